The van der Waals surface area contributed by atoms with Crippen molar-refractivity contribution < 1.29 is 9.47 Å². The average molecular weight is 441 g/mol. The number of methoxy groups -OCH3 is 1. The van der Waals surface area contributed by atoms with Crippen molar-refractivity contribution in [3.63, 3.8) is 0 Å². The summed E-state index contributed by atoms with van der Waals surface area (Å²) >= 11 is 0. The lowest BCUT2D eigenvalue weighted by atomic mass is 9.94. The van der Waals surface area contributed by atoms with Gasteiger partial charge in [-0.25, -0.2) is 0 Å². The van der Waals surface area contributed by atoms with Gasteiger partial charge in [0.25, 0.3) is 0 Å². The fraction of sp³-hybridized carbons (Fsp3) is 0.941. The topological polar surface area (TPSA) is 54.9 Å². The van der Waals surface area contributed by atoms with Gasteiger partial charge in [-0.05, 0) is 32.6 Å². The molecule has 1 unspecified atom stereocenters. The molecule has 6 heteroatoms. The first-order valence-electron chi connectivity index (χ1n) is 8.69. The van der Waals surface area contributed by atoms with Gasteiger partial charge in [0.15, 0.2) is 5.96 Å². The van der Waals surface area contributed by atoms with E-state index >= 15 is 0 Å². The summed E-state index contributed by atoms with van der Waals surface area (Å²) in [6.45, 7) is 11.9. The lowest BCUT2D eigenvalue weighted by Crippen LogP contribution is -2.45. The number of halogens is 1. The van der Waals surface area contributed by atoms with Crippen molar-refractivity contribution in [2.75, 3.05) is 33.4 Å². The van der Waals surface area contributed by atoms with Crippen LogP contribution in [0, 0.1) is 5.92 Å². The van der Waals surface area contributed by atoms with E-state index in [4.69, 9.17) is 14.5 Å². The minimum Gasteiger partial charge on any atom is -0.381 e. The van der Waals surface area contributed by atoms with Gasteiger partial charge >= 0.3 is 0 Å². The van der Waals surface area contributed by atoms with Gasteiger partial charge in [-0.2, -0.15) is 0 Å². The molecular formula is C17H36IN3O2. The van der Waals surface area contributed by atoms with E-state index < -0.39 is 0 Å². The maximum Gasteiger partial charge on any atom is 0.191 e. The van der Waals surface area contributed by atoms with Gasteiger partial charge in [0.2, 0.25) is 0 Å². The predicted octanol–water partition coefficient (Wildman–Crippen LogP) is 3.18. The van der Waals surface area contributed by atoms with E-state index in [0.29, 0.717) is 12.6 Å². The lowest BCUT2D eigenvalue weighted by Gasteiger charge is -2.34. The molecule has 1 saturated heterocycles. The molecule has 5 nitrogen and oxygen atoms in total. The predicted molar refractivity (Wildman–Crippen MR) is 108 cm³/mol. The number of hydrogen-bond donors (Lipinski definition) is 2. The molecule has 2 N–H and O–H groups in total. The number of hydrogen-bond acceptors (Lipinski definition) is 3. The van der Waals surface area contributed by atoms with Crippen LogP contribution >= 0.6 is 24.0 Å². The molecule has 1 aliphatic heterocycles. The molecular weight excluding hydrogens is 405 g/mol. The summed E-state index contributed by atoms with van der Waals surface area (Å²) in [6, 6.07) is 0.424. The summed E-state index contributed by atoms with van der Waals surface area (Å²) in [6.07, 6.45) is 4.21. The van der Waals surface area contributed by atoms with Crippen LogP contribution in [0.1, 0.15) is 53.4 Å². The second-order valence-corrected chi connectivity index (χ2v) is 6.71. The molecule has 0 aromatic heterocycles. The van der Waals surface area contributed by atoms with Crippen LogP contribution in [0.15, 0.2) is 4.99 Å². The fourth-order valence-electron chi connectivity index (χ4n) is 2.60. The maximum atomic E-state index is 5.75. The van der Waals surface area contributed by atoms with Crippen molar-refractivity contribution in [3.05, 3.63) is 0 Å². The molecule has 0 radical (unpaired) electrons. The molecule has 0 aromatic rings. The number of nitrogens with zero attached hydrogens (tertiary/aromatic N) is 1. The Balaban J connectivity index is 0.00000484. The van der Waals surface area contributed by atoms with Crippen LogP contribution in [0.3, 0.4) is 0 Å². The zero-order valence-electron chi connectivity index (χ0n) is 15.5. The molecule has 138 valence electrons. The number of ether oxygens (including phenoxy) is 2. The quantitative estimate of drug-likeness (QED) is 0.345. The number of nitrogens with one attached hydrogen (secondary N) is 2. The van der Waals surface area contributed by atoms with Gasteiger partial charge in [-0.3, -0.25) is 4.99 Å². The van der Waals surface area contributed by atoms with Crippen LogP contribution in [0.2, 0.25) is 0 Å². The van der Waals surface area contributed by atoms with Crippen molar-refractivity contribution in [1.82, 2.24) is 10.6 Å². The molecule has 1 atom stereocenters. The largest absolute Gasteiger partial charge is 0.381 e. The zero-order valence-corrected chi connectivity index (χ0v) is 17.8. The Bertz CT molecular complexity index is 332. The highest BCUT2D eigenvalue weighted by Crippen LogP contribution is 2.24. The van der Waals surface area contributed by atoms with E-state index in [0.717, 1.165) is 50.9 Å². The van der Waals surface area contributed by atoms with Crippen molar-refractivity contribution in [2.45, 2.75) is 65.0 Å². The molecule has 0 aliphatic carbocycles. The Morgan fingerprint density at radius 3 is 2.39 bits per heavy atom. The third kappa shape index (κ3) is 9.10. The second-order valence-electron chi connectivity index (χ2n) is 6.71. The minimum absolute atomic E-state index is 0. The van der Waals surface area contributed by atoms with Gasteiger partial charge in [0.05, 0.1) is 12.1 Å². The van der Waals surface area contributed by atoms with E-state index in [-0.39, 0.29) is 29.6 Å². The molecule has 23 heavy (non-hydrogen) atoms. The van der Waals surface area contributed by atoms with E-state index in [2.05, 4.69) is 38.3 Å². The molecule has 1 rings (SSSR count). The molecule has 0 bridgehead atoms. The SMILES string of the molecule is CCNC(=NCC1(OC)CCOCC1)NC(C)CCC(C)C.I. The molecule has 1 aliphatic rings. The molecule has 0 aromatic carbocycles. The summed E-state index contributed by atoms with van der Waals surface area (Å²) in [7, 11) is 1.78. The van der Waals surface area contributed by atoms with Crippen LogP contribution in [-0.4, -0.2) is 51.0 Å². The Morgan fingerprint density at radius 1 is 1.22 bits per heavy atom. The number of guanidine groups is 1. The van der Waals surface area contributed by atoms with Crippen molar-refractivity contribution in [2.24, 2.45) is 10.9 Å². The van der Waals surface area contributed by atoms with Crippen LogP contribution in [0.25, 0.3) is 0 Å². The standard InChI is InChI=1S/C17H35N3O2.HI/c1-6-18-16(20-15(4)8-7-14(2)3)19-13-17(21-5)9-11-22-12-10-17;/h14-15H,6-13H2,1-5H3,(H2,18,19,20);1H. The minimum atomic E-state index is -0.165. The van der Waals surface area contributed by atoms with E-state index in [1.807, 2.05) is 0 Å². The molecule has 1 fully saturated rings. The van der Waals surface area contributed by atoms with Crippen molar-refractivity contribution in [1.29, 1.82) is 0 Å². The lowest BCUT2D eigenvalue weighted by molar-refractivity contribution is -0.0828. The second kappa shape index (κ2) is 12.3. The van der Waals surface area contributed by atoms with Gasteiger partial charge in [-0.15, -0.1) is 24.0 Å². The van der Waals surface area contributed by atoms with E-state index in [1.54, 1.807) is 7.11 Å². The Kier molecular flexibility index (Phi) is 12.3. The summed E-state index contributed by atoms with van der Waals surface area (Å²) in [5.74, 6) is 1.63. The van der Waals surface area contributed by atoms with Crippen molar-refractivity contribution >= 4 is 29.9 Å². The molecule has 1 heterocycles. The fourth-order valence-corrected chi connectivity index (χ4v) is 2.60. The van der Waals surface area contributed by atoms with Crippen LogP contribution in [0.4, 0.5) is 0 Å². The third-order valence-corrected chi connectivity index (χ3v) is 4.27. The first kappa shape index (κ1) is 22.9. The van der Waals surface area contributed by atoms with Gasteiger partial charge < -0.3 is 20.1 Å². The number of rotatable bonds is 8. The smallest absolute Gasteiger partial charge is 0.191 e. The Morgan fingerprint density at radius 2 is 1.87 bits per heavy atom. The van der Waals surface area contributed by atoms with E-state index in [1.165, 1.54) is 6.42 Å². The van der Waals surface area contributed by atoms with E-state index in [9.17, 15) is 0 Å². The highest BCUT2D eigenvalue weighted by atomic mass is 127. The highest BCUT2D eigenvalue weighted by Gasteiger charge is 2.32. The zero-order chi connectivity index (χ0) is 16.4. The number of aliphatic imine (C=N–C) groups is 1. The Labute approximate surface area is 159 Å². The molecule has 0 amide bonds. The molecule has 0 saturated carbocycles. The van der Waals surface area contributed by atoms with Crippen LogP contribution in [-0.2, 0) is 9.47 Å². The first-order chi connectivity index (χ1) is 10.5. The Hall–Kier alpha value is -0.0800. The first-order valence-corrected chi connectivity index (χ1v) is 8.69. The third-order valence-electron chi connectivity index (χ3n) is 4.27. The summed E-state index contributed by atoms with van der Waals surface area (Å²) in [5, 5.41) is 6.84. The van der Waals surface area contributed by atoms with Crippen LogP contribution in [0.5, 0.6) is 0 Å². The van der Waals surface area contributed by atoms with Crippen molar-refractivity contribution in [3.8, 4) is 0 Å². The van der Waals surface area contributed by atoms with Gasteiger partial charge in [0, 0.05) is 45.8 Å². The summed E-state index contributed by atoms with van der Waals surface area (Å²) in [4.78, 5) is 4.76. The monoisotopic (exact) mass is 441 g/mol. The van der Waals surface area contributed by atoms with Gasteiger partial charge in [-0.1, -0.05) is 13.8 Å². The highest BCUT2D eigenvalue weighted by molar-refractivity contribution is 14.0. The average Bonchev–Trinajstić information content (AvgIpc) is 2.52. The maximum absolute atomic E-state index is 5.75. The summed E-state index contributed by atoms with van der Waals surface area (Å²) < 4.78 is 11.2. The summed E-state index contributed by atoms with van der Waals surface area (Å²) in [5.41, 5.74) is -0.165. The van der Waals surface area contributed by atoms with Gasteiger partial charge in [0.1, 0.15) is 0 Å². The molecule has 0 spiro atoms. The van der Waals surface area contributed by atoms with Crippen LogP contribution < -0.4 is 10.6 Å². The normalized spacial score (nSPS) is 19.1.